The number of fused-ring (bicyclic) bond motifs is 1. The van der Waals surface area contributed by atoms with E-state index in [1.54, 1.807) is 76.4 Å². The summed E-state index contributed by atoms with van der Waals surface area (Å²) in [6.45, 7) is 9.35. The second-order valence-corrected chi connectivity index (χ2v) is 12.8. The molecule has 0 fully saturated rings. The molecule has 3 N–H and O–H groups in total. The van der Waals surface area contributed by atoms with Gasteiger partial charge in [-0.2, -0.15) is 0 Å². The maximum absolute atomic E-state index is 12.2. The largest absolute Gasteiger partial charge is 0.497 e. The Bertz CT molecular complexity index is 1930. The van der Waals surface area contributed by atoms with Crippen LogP contribution in [0.1, 0.15) is 90.5 Å². The third-order valence-electron chi connectivity index (χ3n) is 8.49. The van der Waals surface area contributed by atoms with E-state index in [0.29, 0.717) is 22.6 Å². The van der Waals surface area contributed by atoms with Gasteiger partial charge in [0.25, 0.3) is 0 Å². The topological polar surface area (TPSA) is 138 Å². The maximum Gasteiger partial charge on any atom is 0.310 e. The minimum atomic E-state index is -0.899. The van der Waals surface area contributed by atoms with Crippen molar-refractivity contribution < 1.29 is 39.2 Å². The van der Waals surface area contributed by atoms with Crippen molar-refractivity contribution in [1.82, 2.24) is 0 Å². The van der Waals surface area contributed by atoms with E-state index >= 15 is 0 Å². The Labute approximate surface area is 299 Å². The summed E-state index contributed by atoms with van der Waals surface area (Å²) in [4.78, 5) is 44.9. The van der Waals surface area contributed by atoms with Crippen molar-refractivity contribution in [2.75, 3.05) is 7.11 Å². The molecular weight excluding hydrogens is 644 g/mol. The second-order valence-electron chi connectivity index (χ2n) is 12.8. The fourth-order valence-electron chi connectivity index (χ4n) is 5.19. The smallest absolute Gasteiger partial charge is 0.310 e. The van der Waals surface area contributed by atoms with E-state index in [1.165, 1.54) is 5.56 Å². The van der Waals surface area contributed by atoms with Gasteiger partial charge in [-0.1, -0.05) is 111 Å². The Morgan fingerprint density at radius 1 is 0.529 bits per heavy atom. The van der Waals surface area contributed by atoms with Crippen molar-refractivity contribution in [2.45, 2.75) is 58.8 Å². The summed E-state index contributed by atoms with van der Waals surface area (Å²) in [5.41, 5.74) is 4.70. The molecular formula is C43H46O8. The number of carbonyl (C=O) groups excluding carboxylic acids is 1. The van der Waals surface area contributed by atoms with Gasteiger partial charge in [-0.05, 0) is 84.3 Å². The first-order valence-electron chi connectivity index (χ1n) is 16.8. The molecule has 5 aromatic carbocycles. The van der Waals surface area contributed by atoms with Gasteiger partial charge in [0, 0.05) is 11.1 Å². The lowest BCUT2D eigenvalue weighted by molar-refractivity contribution is -0.139. The van der Waals surface area contributed by atoms with Gasteiger partial charge in [-0.3, -0.25) is 19.2 Å². The molecule has 8 heteroatoms. The van der Waals surface area contributed by atoms with Gasteiger partial charge >= 0.3 is 17.9 Å². The standard InChI is InChI=1S/C16H14O3.C14H14O3.C13H18O2/c1-11(16(18)19)13-8-5-9-14(10-13)15(17)12-6-3-2-4-7-12;1-9(14(15)16)10-3-4-12-8-13(17-2)6-5-11(12)7-10;1-9(2)8-11-4-6-12(7-5-11)10(3)13(14)15/h2-11H,1H3,(H,18,19);3-9H,1-2H3,(H,15,16);4-7,9-10H,8H2,1-3H3,(H,14,15)/t;9-;/m.0./s1. The third-order valence-corrected chi connectivity index (χ3v) is 8.49. The predicted octanol–water partition coefficient (Wildman–Crippen LogP) is 9.22. The minimum Gasteiger partial charge on any atom is -0.497 e. The molecule has 8 nitrogen and oxygen atoms in total. The molecule has 3 atom stereocenters. The SMILES string of the molecule is CC(C(=O)O)c1cccc(C(=O)c2ccccc2)c1.CC(C)Cc1ccc(C(C)C(=O)O)cc1.COc1ccc2cc([C@H](C)C(=O)O)ccc2c1. The van der Waals surface area contributed by atoms with Gasteiger partial charge in [0.2, 0.25) is 0 Å². The summed E-state index contributed by atoms with van der Waals surface area (Å²) in [5.74, 6) is -2.67. The van der Waals surface area contributed by atoms with Gasteiger partial charge in [0.05, 0.1) is 24.9 Å². The van der Waals surface area contributed by atoms with Crippen molar-refractivity contribution in [3.8, 4) is 5.75 Å². The zero-order chi connectivity index (χ0) is 37.7. The summed E-state index contributed by atoms with van der Waals surface area (Å²) >= 11 is 0. The van der Waals surface area contributed by atoms with Crippen LogP contribution in [-0.2, 0) is 20.8 Å². The average Bonchev–Trinajstić information content (AvgIpc) is 3.14. The van der Waals surface area contributed by atoms with Crippen LogP contribution in [0.25, 0.3) is 10.8 Å². The Balaban J connectivity index is 0.000000208. The first kappa shape index (κ1) is 39.7. The van der Waals surface area contributed by atoms with Crippen LogP contribution in [0.15, 0.2) is 115 Å². The number of benzene rings is 5. The van der Waals surface area contributed by atoms with E-state index in [2.05, 4.69) is 13.8 Å². The molecule has 0 saturated carbocycles. The maximum atomic E-state index is 12.2. The summed E-state index contributed by atoms with van der Waals surface area (Å²) < 4.78 is 5.14. The molecule has 266 valence electrons. The molecule has 5 rings (SSSR count). The molecule has 0 heterocycles. The van der Waals surface area contributed by atoms with Crippen LogP contribution in [-0.4, -0.2) is 46.1 Å². The number of aliphatic carboxylic acids is 3. The van der Waals surface area contributed by atoms with E-state index < -0.39 is 35.7 Å². The normalized spacial score (nSPS) is 12.3. The zero-order valence-corrected chi connectivity index (χ0v) is 29.9. The summed E-state index contributed by atoms with van der Waals surface area (Å²) in [6.07, 6.45) is 1.04. The molecule has 0 spiro atoms. The number of carbonyl (C=O) groups is 4. The van der Waals surface area contributed by atoms with E-state index in [-0.39, 0.29) is 5.78 Å². The lowest BCUT2D eigenvalue weighted by Gasteiger charge is -2.09. The fraction of sp³-hybridized carbons (Fsp3) is 0.256. The van der Waals surface area contributed by atoms with E-state index in [4.69, 9.17) is 20.1 Å². The zero-order valence-electron chi connectivity index (χ0n) is 29.9. The molecule has 0 aliphatic rings. The van der Waals surface area contributed by atoms with Gasteiger partial charge in [0.15, 0.2) is 5.78 Å². The molecule has 0 radical (unpaired) electrons. The minimum absolute atomic E-state index is 0.0972. The highest BCUT2D eigenvalue weighted by atomic mass is 16.5. The van der Waals surface area contributed by atoms with Crippen LogP contribution >= 0.6 is 0 Å². The fourth-order valence-corrected chi connectivity index (χ4v) is 5.19. The number of carboxylic acid groups (broad SMARTS) is 3. The number of ether oxygens (including phenoxy) is 1. The quantitative estimate of drug-likeness (QED) is 0.117. The molecule has 2 unspecified atom stereocenters. The molecule has 0 aliphatic carbocycles. The highest BCUT2D eigenvalue weighted by molar-refractivity contribution is 6.09. The number of ketones is 1. The van der Waals surface area contributed by atoms with Gasteiger partial charge in [-0.25, -0.2) is 0 Å². The van der Waals surface area contributed by atoms with Crippen LogP contribution in [0.4, 0.5) is 0 Å². The van der Waals surface area contributed by atoms with Crippen molar-refractivity contribution in [3.63, 3.8) is 0 Å². The number of hydrogen-bond donors (Lipinski definition) is 3. The molecule has 0 saturated heterocycles. The number of methoxy groups -OCH3 is 1. The first-order valence-corrected chi connectivity index (χ1v) is 16.8. The van der Waals surface area contributed by atoms with Crippen LogP contribution in [0.5, 0.6) is 5.75 Å². The van der Waals surface area contributed by atoms with E-state index in [1.807, 2.05) is 66.7 Å². The summed E-state index contributed by atoms with van der Waals surface area (Å²) in [7, 11) is 1.63. The number of hydrogen-bond acceptors (Lipinski definition) is 5. The van der Waals surface area contributed by atoms with Crippen LogP contribution in [0, 0.1) is 5.92 Å². The molecule has 51 heavy (non-hydrogen) atoms. The molecule has 0 amide bonds. The van der Waals surface area contributed by atoms with E-state index in [0.717, 1.165) is 34.1 Å². The summed E-state index contributed by atoms with van der Waals surface area (Å²) in [5, 5.41) is 28.9. The second kappa shape index (κ2) is 18.9. The Hall–Kier alpha value is -5.76. The van der Waals surface area contributed by atoms with Crippen LogP contribution < -0.4 is 4.74 Å². The summed E-state index contributed by atoms with van der Waals surface area (Å²) in [6, 6.07) is 35.0. The third kappa shape index (κ3) is 11.7. The predicted molar refractivity (Wildman–Crippen MR) is 200 cm³/mol. The highest BCUT2D eigenvalue weighted by Crippen LogP contribution is 2.25. The van der Waals surface area contributed by atoms with Crippen molar-refractivity contribution in [1.29, 1.82) is 0 Å². The van der Waals surface area contributed by atoms with Gasteiger partial charge < -0.3 is 20.1 Å². The van der Waals surface area contributed by atoms with Crippen molar-refractivity contribution >= 4 is 34.5 Å². The number of carboxylic acids is 3. The highest BCUT2D eigenvalue weighted by Gasteiger charge is 2.17. The van der Waals surface area contributed by atoms with E-state index in [9.17, 15) is 19.2 Å². The lowest BCUT2D eigenvalue weighted by Crippen LogP contribution is -2.09. The lowest BCUT2D eigenvalue weighted by atomic mass is 9.96. The van der Waals surface area contributed by atoms with Crippen molar-refractivity contribution in [2.24, 2.45) is 5.92 Å². The van der Waals surface area contributed by atoms with Gasteiger partial charge in [-0.15, -0.1) is 0 Å². The monoisotopic (exact) mass is 690 g/mol. The molecule has 5 aromatic rings. The molecule has 0 aromatic heterocycles. The first-order chi connectivity index (χ1) is 24.2. The Kier molecular flexibility index (Phi) is 14.7. The van der Waals surface area contributed by atoms with Crippen LogP contribution in [0.2, 0.25) is 0 Å². The van der Waals surface area contributed by atoms with Gasteiger partial charge in [0.1, 0.15) is 5.75 Å². The Morgan fingerprint density at radius 3 is 1.57 bits per heavy atom. The Morgan fingerprint density at radius 2 is 1.02 bits per heavy atom. The average molecular weight is 691 g/mol. The van der Waals surface area contributed by atoms with Crippen LogP contribution in [0.3, 0.4) is 0 Å². The molecule has 0 bridgehead atoms. The molecule has 0 aliphatic heterocycles. The van der Waals surface area contributed by atoms with Crippen molar-refractivity contribution in [3.05, 3.63) is 149 Å². The number of rotatable bonds is 11.